The topological polar surface area (TPSA) is 89.1 Å². The first-order valence-corrected chi connectivity index (χ1v) is 10.4. The van der Waals surface area contributed by atoms with Crippen molar-refractivity contribution in [2.75, 3.05) is 23.3 Å². The molecule has 3 heterocycles. The molecule has 4 rings (SSSR count). The quantitative estimate of drug-likeness (QED) is 0.434. The molecule has 0 amide bonds. The van der Waals surface area contributed by atoms with Crippen molar-refractivity contribution in [1.82, 2.24) is 14.5 Å². The highest BCUT2D eigenvalue weighted by molar-refractivity contribution is 5.68. The van der Waals surface area contributed by atoms with Gasteiger partial charge in [0, 0.05) is 43.2 Å². The Morgan fingerprint density at radius 2 is 1.94 bits per heavy atom. The first-order chi connectivity index (χ1) is 14.9. The molecule has 1 aliphatic heterocycles. The van der Waals surface area contributed by atoms with Gasteiger partial charge in [-0.15, -0.1) is 0 Å². The zero-order valence-electron chi connectivity index (χ0n) is 17.6. The minimum atomic E-state index is -0.505. The minimum Gasteiger partial charge on any atom is -0.369 e. The Morgan fingerprint density at radius 3 is 2.61 bits per heavy atom. The van der Waals surface area contributed by atoms with Crippen LogP contribution in [0.15, 0.2) is 42.7 Å². The molecule has 0 unspecified atom stereocenters. The van der Waals surface area contributed by atoms with E-state index in [1.165, 1.54) is 18.6 Å². The fourth-order valence-corrected chi connectivity index (χ4v) is 3.86. The van der Waals surface area contributed by atoms with Crippen LogP contribution in [-0.2, 0) is 0 Å². The summed E-state index contributed by atoms with van der Waals surface area (Å²) < 4.78 is 16.6. The average molecular weight is 424 g/mol. The molecule has 31 heavy (non-hydrogen) atoms. The molecule has 8 nitrogen and oxygen atoms in total. The molecule has 9 heteroatoms. The molecule has 1 saturated heterocycles. The molecule has 3 aromatic rings. The lowest BCUT2D eigenvalue weighted by Gasteiger charge is -2.29. The number of nitrogens with zero attached hydrogens (tertiary/aromatic N) is 5. The Labute approximate surface area is 179 Å². The zero-order chi connectivity index (χ0) is 22.0. The number of rotatable bonds is 6. The number of pyridine rings is 1. The molecule has 1 aliphatic rings. The van der Waals surface area contributed by atoms with Crippen LogP contribution in [0.25, 0.3) is 5.82 Å². The van der Waals surface area contributed by atoms with Crippen LogP contribution in [0.2, 0.25) is 0 Å². The normalized spacial score (nSPS) is 14.1. The lowest BCUT2D eigenvalue weighted by atomic mass is 10.1. The van der Waals surface area contributed by atoms with Crippen molar-refractivity contribution in [3.05, 3.63) is 64.5 Å². The standard InChI is InChI=1S/C22H25FN6O2/c1-15(2)22-24-10-13-28(22)20-9-8-19(29(30)31)21(26-20)25-16-6-7-18(17(23)14-16)27-11-4-3-5-12-27/h6-10,13-15H,3-5,11-12H2,1-2H3,(H,25,26). The van der Waals surface area contributed by atoms with Crippen molar-refractivity contribution < 1.29 is 9.31 Å². The van der Waals surface area contributed by atoms with Crippen molar-refractivity contribution >= 4 is 22.9 Å². The summed E-state index contributed by atoms with van der Waals surface area (Å²) >= 11 is 0. The summed E-state index contributed by atoms with van der Waals surface area (Å²) in [5.41, 5.74) is 0.776. The van der Waals surface area contributed by atoms with Gasteiger partial charge < -0.3 is 10.2 Å². The summed E-state index contributed by atoms with van der Waals surface area (Å²) in [5, 5.41) is 14.5. The summed E-state index contributed by atoms with van der Waals surface area (Å²) in [7, 11) is 0. The highest BCUT2D eigenvalue weighted by Gasteiger charge is 2.20. The van der Waals surface area contributed by atoms with Crippen molar-refractivity contribution in [2.24, 2.45) is 0 Å². The van der Waals surface area contributed by atoms with E-state index in [-0.39, 0.29) is 23.2 Å². The molecule has 0 spiro atoms. The van der Waals surface area contributed by atoms with Crippen molar-refractivity contribution in [2.45, 2.75) is 39.0 Å². The molecular weight excluding hydrogens is 399 g/mol. The first kappa shape index (κ1) is 20.8. The third kappa shape index (κ3) is 4.35. The van der Waals surface area contributed by atoms with Crippen molar-refractivity contribution in [3.63, 3.8) is 0 Å². The maximum absolute atomic E-state index is 14.8. The molecule has 0 radical (unpaired) electrons. The Bertz CT molecular complexity index is 1090. The number of nitro groups is 1. The van der Waals surface area contributed by atoms with E-state index in [0.717, 1.165) is 31.8 Å². The van der Waals surface area contributed by atoms with Gasteiger partial charge in [0.15, 0.2) is 0 Å². The Balaban J connectivity index is 1.66. The van der Waals surface area contributed by atoms with Crippen LogP contribution in [0.1, 0.15) is 44.9 Å². The van der Waals surface area contributed by atoms with Gasteiger partial charge in [0.2, 0.25) is 5.82 Å². The van der Waals surface area contributed by atoms with E-state index in [9.17, 15) is 14.5 Å². The van der Waals surface area contributed by atoms with Gasteiger partial charge in [0.05, 0.1) is 10.6 Å². The van der Waals surface area contributed by atoms with Crippen LogP contribution in [0.4, 0.5) is 27.3 Å². The molecule has 0 bridgehead atoms. The molecule has 162 valence electrons. The number of anilines is 3. The molecule has 0 saturated carbocycles. The van der Waals surface area contributed by atoms with Gasteiger partial charge in [0.1, 0.15) is 17.5 Å². The van der Waals surface area contributed by atoms with Gasteiger partial charge in [-0.2, -0.15) is 0 Å². The van der Waals surface area contributed by atoms with Crippen LogP contribution in [0.5, 0.6) is 0 Å². The fraction of sp³-hybridized carbons (Fsp3) is 0.364. The second-order valence-corrected chi connectivity index (χ2v) is 7.94. The van der Waals surface area contributed by atoms with Gasteiger partial charge in [-0.1, -0.05) is 13.8 Å². The van der Waals surface area contributed by atoms with E-state index in [1.54, 1.807) is 35.2 Å². The fourth-order valence-electron chi connectivity index (χ4n) is 3.86. The number of hydrogen-bond donors (Lipinski definition) is 1. The Hall–Kier alpha value is -3.49. The smallest absolute Gasteiger partial charge is 0.311 e. The summed E-state index contributed by atoms with van der Waals surface area (Å²) in [6.45, 7) is 5.69. The van der Waals surface area contributed by atoms with Crippen LogP contribution in [0, 0.1) is 15.9 Å². The van der Waals surface area contributed by atoms with E-state index in [1.807, 2.05) is 18.7 Å². The molecule has 1 N–H and O–H groups in total. The largest absolute Gasteiger partial charge is 0.369 e. The van der Waals surface area contributed by atoms with Gasteiger partial charge >= 0.3 is 5.69 Å². The van der Waals surface area contributed by atoms with Crippen molar-refractivity contribution in [3.8, 4) is 5.82 Å². The monoisotopic (exact) mass is 424 g/mol. The zero-order valence-corrected chi connectivity index (χ0v) is 17.6. The number of halogens is 1. The van der Waals surface area contributed by atoms with E-state index < -0.39 is 4.92 Å². The summed E-state index contributed by atoms with van der Waals surface area (Å²) in [5.74, 6) is 1.14. The lowest BCUT2D eigenvalue weighted by molar-refractivity contribution is -0.384. The third-order valence-electron chi connectivity index (χ3n) is 5.40. The number of hydrogen-bond acceptors (Lipinski definition) is 6. The second-order valence-electron chi connectivity index (χ2n) is 7.94. The molecular formula is C22H25FN6O2. The van der Waals surface area contributed by atoms with Crippen LogP contribution >= 0.6 is 0 Å². The predicted octanol–water partition coefficient (Wildman–Crippen LogP) is 5.17. The first-order valence-electron chi connectivity index (χ1n) is 10.4. The van der Waals surface area contributed by atoms with E-state index in [2.05, 4.69) is 15.3 Å². The van der Waals surface area contributed by atoms with Gasteiger partial charge in [0.25, 0.3) is 0 Å². The number of nitrogens with one attached hydrogen (secondary N) is 1. The number of piperidine rings is 1. The maximum Gasteiger partial charge on any atom is 0.311 e. The average Bonchev–Trinajstić information content (AvgIpc) is 3.25. The highest BCUT2D eigenvalue weighted by atomic mass is 19.1. The highest BCUT2D eigenvalue weighted by Crippen LogP contribution is 2.31. The number of benzene rings is 1. The van der Waals surface area contributed by atoms with Gasteiger partial charge in [-0.3, -0.25) is 14.7 Å². The number of imidazole rings is 1. The molecule has 2 aromatic heterocycles. The molecule has 0 aliphatic carbocycles. The summed E-state index contributed by atoms with van der Waals surface area (Å²) in [6, 6.07) is 7.77. The summed E-state index contributed by atoms with van der Waals surface area (Å²) in [6.07, 6.45) is 6.70. The molecule has 1 aromatic carbocycles. The third-order valence-corrected chi connectivity index (χ3v) is 5.40. The molecule has 0 atom stereocenters. The van der Waals surface area contributed by atoms with E-state index >= 15 is 0 Å². The van der Waals surface area contributed by atoms with Gasteiger partial charge in [-0.05, 0) is 43.5 Å². The molecule has 1 fully saturated rings. The van der Waals surface area contributed by atoms with Crippen molar-refractivity contribution in [1.29, 1.82) is 0 Å². The second kappa shape index (κ2) is 8.71. The minimum absolute atomic E-state index is 0.0519. The van der Waals surface area contributed by atoms with E-state index in [4.69, 9.17) is 0 Å². The number of aromatic nitrogens is 3. The predicted molar refractivity (Wildman–Crippen MR) is 118 cm³/mol. The Morgan fingerprint density at radius 1 is 1.16 bits per heavy atom. The van der Waals surface area contributed by atoms with Crippen LogP contribution in [0.3, 0.4) is 0 Å². The van der Waals surface area contributed by atoms with E-state index in [0.29, 0.717) is 17.2 Å². The Kier molecular flexibility index (Phi) is 5.83. The summed E-state index contributed by atoms with van der Waals surface area (Å²) in [4.78, 5) is 21.9. The maximum atomic E-state index is 14.8. The van der Waals surface area contributed by atoms with Crippen LogP contribution in [-0.4, -0.2) is 32.5 Å². The van der Waals surface area contributed by atoms with Gasteiger partial charge in [-0.25, -0.2) is 14.4 Å². The lowest BCUT2D eigenvalue weighted by Crippen LogP contribution is -2.30. The SMILES string of the molecule is CC(C)c1nccn1-c1ccc([N+](=O)[O-])c(Nc2ccc(N3CCCCC3)c(F)c2)n1. The van der Waals surface area contributed by atoms with Crippen LogP contribution < -0.4 is 10.2 Å².